The van der Waals surface area contributed by atoms with Crippen molar-refractivity contribution in [2.75, 3.05) is 7.05 Å². The summed E-state index contributed by atoms with van der Waals surface area (Å²) in [5.41, 5.74) is 0.567. The molecule has 1 aromatic carbocycles. The number of amides is 1. The summed E-state index contributed by atoms with van der Waals surface area (Å²) >= 11 is 0. The van der Waals surface area contributed by atoms with Crippen LogP contribution in [0.1, 0.15) is 35.9 Å². The standard InChI is InChI=1S/C15H18N4O3/c1-10(2)14(11-7-5-4-6-8-11)18(3)15(20)13-12(19(21)22)9-16-17-13/h4-10,14H,1-3H3,(H,16,17). The molecule has 0 fully saturated rings. The molecule has 0 saturated carbocycles. The molecule has 0 saturated heterocycles. The SMILES string of the molecule is CC(C)C(c1ccccc1)N(C)C(=O)c1[nH]ncc1[N+](=O)[O-]. The zero-order chi connectivity index (χ0) is 16.3. The van der Waals surface area contributed by atoms with Crippen LogP contribution in [0, 0.1) is 16.0 Å². The summed E-state index contributed by atoms with van der Waals surface area (Å²) in [4.78, 5) is 24.5. The van der Waals surface area contributed by atoms with E-state index in [1.54, 1.807) is 7.05 Å². The molecule has 0 aliphatic rings. The predicted octanol–water partition coefficient (Wildman–Crippen LogP) is 2.79. The summed E-state index contributed by atoms with van der Waals surface area (Å²) in [6, 6.07) is 9.41. The number of benzene rings is 1. The molecule has 1 atom stereocenters. The third kappa shape index (κ3) is 2.98. The van der Waals surface area contributed by atoms with Gasteiger partial charge in [0, 0.05) is 7.05 Å². The van der Waals surface area contributed by atoms with Gasteiger partial charge in [0.15, 0.2) is 0 Å². The van der Waals surface area contributed by atoms with Crippen LogP contribution >= 0.6 is 0 Å². The van der Waals surface area contributed by atoms with E-state index in [4.69, 9.17) is 0 Å². The number of aromatic nitrogens is 2. The fourth-order valence-electron chi connectivity index (χ4n) is 2.58. The van der Waals surface area contributed by atoms with Gasteiger partial charge < -0.3 is 4.90 Å². The maximum absolute atomic E-state index is 12.6. The molecule has 0 spiro atoms. The lowest BCUT2D eigenvalue weighted by molar-refractivity contribution is -0.385. The minimum absolute atomic E-state index is 0.103. The average molecular weight is 302 g/mol. The van der Waals surface area contributed by atoms with Crippen molar-refractivity contribution < 1.29 is 9.72 Å². The number of carbonyl (C=O) groups excluding carboxylic acids is 1. The van der Waals surface area contributed by atoms with Gasteiger partial charge in [-0.2, -0.15) is 5.10 Å². The zero-order valence-corrected chi connectivity index (χ0v) is 12.7. The van der Waals surface area contributed by atoms with E-state index in [0.29, 0.717) is 0 Å². The summed E-state index contributed by atoms with van der Waals surface area (Å²) < 4.78 is 0. The predicted molar refractivity (Wildman–Crippen MR) is 81.4 cm³/mol. The molecule has 1 unspecified atom stereocenters. The number of aromatic amines is 1. The molecular weight excluding hydrogens is 284 g/mol. The van der Waals surface area contributed by atoms with Gasteiger partial charge in [0.05, 0.1) is 11.0 Å². The van der Waals surface area contributed by atoms with Gasteiger partial charge in [0.25, 0.3) is 5.91 Å². The quantitative estimate of drug-likeness (QED) is 0.679. The number of nitro groups is 1. The molecule has 0 aliphatic heterocycles. The maximum atomic E-state index is 12.6. The van der Waals surface area contributed by atoms with E-state index in [2.05, 4.69) is 10.2 Å². The van der Waals surface area contributed by atoms with Crippen LogP contribution in [0.3, 0.4) is 0 Å². The topological polar surface area (TPSA) is 92.1 Å². The second-order valence-electron chi connectivity index (χ2n) is 5.40. The molecule has 22 heavy (non-hydrogen) atoms. The van der Waals surface area contributed by atoms with Crippen molar-refractivity contribution in [3.05, 3.63) is 57.9 Å². The first kappa shape index (κ1) is 15.7. The zero-order valence-electron chi connectivity index (χ0n) is 12.7. The molecular formula is C15H18N4O3. The van der Waals surface area contributed by atoms with Gasteiger partial charge in [0.1, 0.15) is 6.20 Å². The summed E-state index contributed by atoms with van der Waals surface area (Å²) in [6.45, 7) is 4.01. The summed E-state index contributed by atoms with van der Waals surface area (Å²) in [6.07, 6.45) is 1.05. The number of carbonyl (C=O) groups is 1. The normalized spacial score (nSPS) is 12.2. The number of nitrogens with one attached hydrogen (secondary N) is 1. The highest BCUT2D eigenvalue weighted by Gasteiger charge is 2.31. The minimum Gasteiger partial charge on any atom is -0.333 e. The lowest BCUT2D eigenvalue weighted by Gasteiger charge is -2.31. The first-order valence-corrected chi connectivity index (χ1v) is 6.93. The highest BCUT2D eigenvalue weighted by Crippen LogP contribution is 2.29. The van der Waals surface area contributed by atoms with E-state index in [1.165, 1.54) is 4.90 Å². The molecule has 0 bridgehead atoms. The van der Waals surface area contributed by atoms with Crippen molar-refractivity contribution in [1.82, 2.24) is 15.1 Å². The van der Waals surface area contributed by atoms with Gasteiger partial charge in [0.2, 0.25) is 5.69 Å². The Hall–Kier alpha value is -2.70. The van der Waals surface area contributed by atoms with E-state index in [9.17, 15) is 14.9 Å². The van der Waals surface area contributed by atoms with E-state index >= 15 is 0 Å². The van der Waals surface area contributed by atoms with Crippen LogP contribution in [0.15, 0.2) is 36.5 Å². The lowest BCUT2D eigenvalue weighted by Crippen LogP contribution is -2.34. The van der Waals surface area contributed by atoms with Crippen LogP contribution < -0.4 is 0 Å². The first-order valence-electron chi connectivity index (χ1n) is 6.93. The van der Waals surface area contributed by atoms with Crippen LogP contribution in [-0.2, 0) is 0 Å². The fourth-order valence-corrected chi connectivity index (χ4v) is 2.58. The second-order valence-corrected chi connectivity index (χ2v) is 5.40. The molecule has 7 nitrogen and oxygen atoms in total. The molecule has 0 aliphatic carbocycles. The molecule has 1 amide bonds. The Labute approximate surface area is 128 Å². The Morgan fingerprint density at radius 3 is 2.50 bits per heavy atom. The minimum atomic E-state index is -0.614. The van der Waals surface area contributed by atoms with Crippen LogP contribution in [-0.4, -0.2) is 33.0 Å². The van der Waals surface area contributed by atoms with Gasteiger partial charge in [-0.05, 0) is 11.5 Å². The Balaban J connectivity index is 2.35. The van der Waals surface area contributed by atoms with Crippen LogP contribution in [0.25, 0.3) is 0 Å². The van der Waals surface area contributed by atoms with Crippen LogP contribution in [0.4, 0.5) is 5.69 Å². The Morgan fingerprint density at radius 1 is 1.32 bits per heavy atom. The van der Waals surface area contributed by atoms with E-state index in [0.717, 1.165) is 11.8 Å². The van der Waals surface area contributed by atoms with Gasteiger partial charge in [-0.15, -0.1) is 0 Å². The van der Waals surface area contributed by atoms with Gasteiger partial charge >= 0.3 is 5.69 Å². The molecule has 1 N–H and O–H groups in total. The van der Waals surface area contributed by atoms with E-state index < -0.39 is 10.8 Å². The number of hydrogen-bond donors (Lipinski definition) is 1. The number of hydrogen-bond acceptors (Lipinski definition) is 4. The van der Waals surface area contributed by atoms with Gasteiger partial charge in [-0.3, -0.25) is 20.0 Å². The molecule has 0 radical (unpaired) electrons. The van der Waals surface area contributed by atoms with Gasteiger partial charge in [-0.1, -0.05) is 44.2 Å². The van der Waals surface area contributed by atoms with Crippen LogP contribution in [0.2, 0.25) is 0 Å². The number of nitrogens with zero attached hydrogens (tertiary/aromatic N) is 3. The monoisotopic (exact) mass is 302 g/mol. The lowest BCUT2D eigenvalue weighted by atomic mass is 9.94. The van der Waals surface area contributed by atoms with Crippen LogP contribution in [0.5, 0.6) is 0 Å². The molecule has 116 valence electrons. The molecule has 2 aromatic rings. The maximum Gasteiger partial charge on any atom is 0.319 e. The number of rotatable bonds is 5. The van der Waals surface area contributed by atoms with Crippen molar-refractivity contribution in [3.63, 3.8) is 0 Å². The Bertz CT molecular complexity index is 666. The molecule has 1 aromatic heterocycles. The highest BCUT2D eigenvalue weighted by molar-refractivity contribution is 5.96. The van der Waals surface area contributed by atoms with E-state index in [1.807, 2.05) is 44.2 Å². The Morgan fingerprint density at radius 2 is 1.95 bits per heavy atom. The van der Waals surface area contributed by atoms with Crippen molar-refractivity contribution in [3.8, 4) is 0 Å². The van der Waals surface area contributed by atoms with Crippen molar-refractivity contribution >= 4 is 11.6 Å². The summed E-state index contributed by atoms with van der Waals surface area (Å²) in [5.74, 6) is -0.301. The van der Waals surface area contributed by atoms with Gasteiger partial charge in [-0.25, -0.2) is 0 Å². The average Bonchev–Trinajstić information content (AvgIpc) is 2.97. The Kier molecular flexibility index (Phi) is 4.55. The largest absolute Gasteiger partial charge is 0.333 e. The smallest absolute Gasteiger partial charge is 0.319 e. The molecule has 7 heteroatoms. The number of H-pyrrole nitrogens is 1. The molecule has 1 heterocycles. The summed E-state index contributed by atoms with van der Waals surface area (Å²) in [7, 11) is 1.64. The van der Waals surface area contributed by atoms with E-state index in [-0.39, 0.29) is 23.3 Å². The highest BCUT2D eigenvalue weighted by atomic mass is 16.6. The molecule has 2 rings (SSSR count). The van der Waals surface area contributed by atoms with Crippen molar-refractivity contribution in [2.24, 2.45) is 5.92 Å². The fraction of sp³-hybridized carbons (Fsp3) is 0.333. The third-order valence-corrected chi connectivity index (χ3v) is 3.54. The van der Waals surface area contributed by atoms with Crippen molar-refractivity contribution in [1.29, 1.82) is 0 Å². The third-order valence-electron chi connectivity index (χ3n) is 3.54. The van der Waals surface area contributed by atoms with Crippen molar-refractivity contribution in [2.45, 2.75) is 19.9 Å². The first-order chi connectivity index (χ1) is 10.4. The second kappa shape index (κ2) is 6.38. The summed E-state index contributed by atoms with van der Waals surface area (Å²) in [5, 5.41) is 17.0.